The summed E-state index contributed by atoms with van der Waals surface area (Å²) in [5.41, 5.74) is 0.372. The Balaban J connectivity index is 1.79. The predicted octanol–water partition coefficient (Wildman–Crippen LogP) is 5.54. The Morgan fingerprint density at radius 2 is 1.82 bits per heavy atom. The lowest BCUT2D eigenvalue weighted by atomic mass is 10.0. The zero-order valence-electron chi connectivity index (χ0n) is 15.0. The highest BCUT2D eigenvalue weighted by atomic mass is 35.5. The molecule has 1 saturated heterocycles. The number of anilines is 2. The van der Waals surface area contributed by atoms with Crippen molar-refractivity contribution in [1.82, 2.24) is 9.88 Å². The number of benzene rings is 2. The van der Waals surface area contributed by atoms with Crippen LogP contribution < -0.4 is 5.32 Å². The van der Waals surface area contributed by atoms with Crippen molar-refractivity contribution in [2.24, 2.45) is 0 Å². The summed E-state index contributed by atoms with van der Waals surface area (Å²) in [7, 11) is 0. The van der Waals surface area contributed by atoms with Gasteiger partial charge in [-0.25, -0.2) is 13.8 Å². The molecule has 1 aromatic heterocycles. The maximum Gasteiger partial charge on any atom is 0.256 e. The van der Waals surface area contributed by atoms with Crippen LogP contribution in [-0.4, -0.2) is 28.9 Å². The van der Waals surface area contributed by atoms with Gasteiger partial charge in [0.15, 0.2) is 11.6 Å². The number of likely N-dealkylation sites (tertiary alicyclic amines) is 1. The van der Waals surface area contributed by atoms with Crippen molar-refractivity contribution in [3.8, 4) is 0 Å². The van der Waals surface area contributed by atoms with Crippen molar-refractivity contribution in [2.75, 3.05) is 18.4 Å². The molecule has 2 aromatic carbocycles. The highest BCUT2D eigenvalue weighted by Crippen LogP contribution is 2.33. The summed E-state index contributed by atoms with van der Waals surface area (Å²) in [6.07, 6.45) is 4.52. The fraction of sp³-hybridized carbons (Fsp3) is 0.238. The zero-order chi connectivity index (χ0) is 19.7. The number of aromatic nitrogens is 1. The van der Waals surface area contributed by atoms with E-state index in [2.05, 4.69) is 10.3 Å². The Hall–Kier alpha value is -2.73. The van der Waals surface area contributed by atoms with Gasteiger partial charge in [-0.3, -0.25) is 4.79 Å². The Labute approximate surface area is 166 Å². The molecular formula is C21H18ClF2N3O. The van der Waals surface area contributed by atoms with E-state index in [0.717, 1.165) is 25.3 Å². The van der Waals surface area contributed by atoms with E-state index in [1.807, 2.05) is 4.90 Å². The molecule has 3 aromatic rings. The minimum atomic E-state index is -0.993. The van der Waals surface area contributed by atoms with Gasteiger partial charge in [0.25, 0.3) is 5.91 Å². The van der Waals surface area contributed by atoms with E-state index in [1.165, 1.54) is 18.3 Å². The number of piperidine rings is 1. The van der Waals surface area contributed by atoms with Gasteiger partial charge < -0.3 is 10.2 Å². The molecule has 0 radical (unpaired) electrons. The third-order valence-corrected chi connectivity index (χ3v) is 5.25. The van der Waals surface area contributed by atoms with Gasteiger partial charge >= 0.3 is 0 Å². The molecule has 0 saturated carbocycles. The summed E-state index contributed by atoms with van der Waals surface area (Å²) < 4.78 is 27.6. The summed E-state index contributed by atoms with van der Waals surface area (Å²) in [5, 5.41) is 4.34. The molecule has 1 aliphatic rings. The lowest BCUT2D eigenvalue weighted by Gasteiger charge is -2.27. The van der Waals surface area contributed by atoms with Crippen LogP contribution in [0.25, 0.3) is 10.8 Å². The summed E-state index contributed by atoms with van der Waals surface area (Å²) in [6, 6.07) is 9.05. The van der Waals surface area contributed by atoms with Crippen LogP contribution in [0.4, 0.5) is 20.3 Å². The lowest BCUT2D eigenvalue weighted by molar-refractivity contribution is 0.0726. The highest BCUT2D eigenvalue weighted by Gasteiger charge is 2.23. The molecule has 144 valence electrons. The normalized spacial score (nSPS) is 14.3. The van der Waals surface area contributed by atoms with E-state index in [-0.39, 0.29) is 11.6 Å². The molecule has 7 heteroatoms. The number of amides is 1. The molecule has 0 spiro atoms. The van der Waals surface area contributed by atoms with E-state index >= 15 is 0 Å². The number of fused-ring (bicyclic) bond motifs is 1. The summed E-state index contributed by atoms with van der Waals surface area (Å²) in [5.74, 6) is -1.76. The molecule has 1 N–H and O–H groups in total. The van der Waals surface area contributed by atoms with Crippen LogP contribution in [0.3, 0.4) is 0 Å². The Kier molecular flexibility index (Phi) is 5.13. The van der Waals surface area contributed by atoms with Crippen LogP contribution in [0.5, 0.6) is 0 Å². The van der Waals surface area contributed by atoms with Gasteiger partial charge in [0.1, 0.15) is 5.82 Å². The first kappa shape index (κ1) is 18.6. The average Bonchev–Trinajstić information content (AvgIpc) is 2.72. The van der Waals surface area contributed by atoms with Crippen molar-refractivity contribution < 1.29 is 13.6 Å². The molecular weight excluding hydrogens is 384 g/mol. The molecule has 0 aliphatic carbocycles. The first-order valence-electron chi connectivity index (χ1n) is 9.14. The maximum atomic E-state index is 14.1. The smallest absolute Gasteiger partial charge is 0.256 e. The second-order valence-corrected chi connectivity index (χ2v) is 7.17. The quantitative estimate of drug-likeness (QED) is 0.627. The lowest BCUT2D eigenvalue weighted by Crippen LogP contribution is -2.35. The first-order valence-corrected chi connectivity index (χ1v) is 9.51. The van der Waals surface area contributed by atoms with E-state index < -0.39 is 11.6 Å². The van der Waals surface area contributed by atoms with E-state index in [9.17, 15) is 13.6 Å². The molecule has 0 unspecified atom stereocenters. The van der Waals surface area contributed by atoms with Gasteiger partial charge in [0.05, 0.1) is 11.3 Å². The average molecular weight is 402 g/mol. The molecule has 4 nitrogen and oxygen atoms in total. The third-order valence-electron chi connectivity index (χ3n) is 4.94. The van der Waals surface area contributed by atoms with E-state index in [0.29, 0.717) is 40.3 Å². The maximum absolute atomic E-state index is 14.1. The van der Waals surface area contributed by atoms with E-state index in [1.54, 1.807) is 18.2 Å². The Morgan fingerprint density at radius 3 is 2.61 bits per heavy atom. The van der Waals surface area contributed by atoms with Crippen molar-refractivity contribution in [3.05, 3.63) is 64.8 Å². The molecule has 4 rings (SSSR count). The number of nitrogens with zero attached hydrogens (tertiary/aromatic N) is 2. The molecule has 2 heterocycles. The standard InChI is InChI=1S/C21H18ClF2N3O/c22-15-7-4-6-13-18(15)14(21(28)27-10-2-1-3-11-27)12-25-20(13)26-17-9-5-8-16(23)19(17)24/h4-9,12H,1-3,10-11H2,(H,25,26). The van der Waals surface area contributed by atoms with Crippen molar-refractivity contribution in [1.29, 1.82) is 0 Å². The van der Waals surface area contributed by atoms with E-state index in [4.69, 9.17) is 11.6 Å². The van der Waals surface area contributed by atoms with Crippen molar-refractivity contribution in [3.63, 3.8) is 0 Å². The fourth-order valence-electron chi connectivity index (χ4n) is 3.52. The van der Waals surface area contributed by atoms with Gasteiger partial charge in [0.2, 0.25) is 0 Å². The topological polar surface area (TPSA) is 45.2 Å². The number of nitrogens with one attached hydrogen (secondary N) is 1. The fourth-order valence-corrected chi connectivity index (χ4v) is 3.79. The van der Waals surface area contributed by atoms with Crippen molar-refractivity contribution in [2.45, 2.75) is 19.3 Å². The van der Waals surface area contributed by atoms with Crippen LogP contribution in [-0.2, 0) is 0 Å². The van der Waals surface area contributed by atoms with Crippen molar-refractivity contribution >= 4 is 39.8 Å². The summed E-state index contributed by atoms with van der Waals surface area (Å²) in [6.45, 7) is 1.42. The molecule has 1 fully saturated rings. The number of hydrogen-bond donors (Lipinski definition) is 1. The molecule has 0 bridgehead atoms. The monoisotopic (exact) mass is 401 g/mol. The number of carbonyl (C=O) groups excluding carboxylic acids is 1. The minimum absolute atomic E-state index is 0.0381. The van der Waals surface area contributed by atoms with Crippen LogP contribution in [0, 0.1) is 11.6 Å². The Bertz CT molecular complexity index is 1050. The number of hydrogen-bond acceptors (Lipinski definition) is 3. The van der Waals surface area contributed by atoms with Crippen LogP contribution in [0.15, 0.2) is 42.6 Å². The summed E-state index contributed by atoms with van der Waals surface area (Å²) in [4.78, 5) is 19.2. The zero-order valence-corrected chi connectivity index (χ0v) is 15.8. The largest absolute Gasteiger partial charge is 0.339 e. The molecule has 28 heavy (non-hydrogen) atoms. The molecule has 0 atom stereocenters. The third kappa shape index (κ3) is 3.40. The number of carbonyl (C=O) groups is 1. The van der Waals surface area contributed by atoms with Crippen LogP contribution in [0.1, 0.15) is 29.6 Å². The first-order chi connectivity index (χ1) is 13.6. The number of pyridine rings is 1. The number of rotatable bonds is 3. The van der Waals surface area contributed by atoms with Gasteiger partial charge in [0, 0.05) is 35.1 Å². The van der Waals surface area contributed by atoms with Gasteiger partial charge in [-0.1, -0.05) is 29.8 Å². The minimum Gasteiger partial charge on any atom is -0.339 e. The van der Waals surface area contributed by atoms with Gasteiger partial charge in [-0.2, -0.15) is 0 Å². The summed E-state index contributed by atoms with van der Waals surface area (Å²) >= 11 is 6.42. The van der Waals surface area contributed by atoms with Crippen LogP contribution in [0.2, 0.25) is 5.02 Å². The predicted molar refractivity (Wildman–Crippen MR) is 106 cm³/mol. The van der Waals surface area contributed by atoms with Crippen LogP contribution >= 0.6 is 11.6 Å². The SMILES string of the molecule is O=C(c1cnc(Nc2cccc(F)c2F)c2cccc(Cl)c12)N1CCCCC1. The van der Waals surface area contributed by atoms with Gasteiger partial charge in [-0.05, 0) is 37.5 Å². The second kappa shape index (κ2) is 7.72. The Morgan fingerprint density at radius 1 is 1.07 bits per heavy atom. The second-order valence-electron chi connectivity index (χ2n) is 6.76. The van der Waals surface area contributed by atoms with Gasteiger partial charge in [-0.15, -0.1) is 0 Å². The number of halogens is 3. The highest BCUT2D eigenvalue weighted by molar-refractivity contribution is 6.37. The molecule has 1 aliphatic heterocycles. The molecule has 1 amide bonds.